The Bertz CT molecular complexity index is 458. The number of H-pyrrole nitrogens is 1. The fraction of sp³-hybridized carbons (Fsp3) is 0.500. The van der Waals surface area contributed by atoms with Crippen molar-refractivity contribution in [1.29, 1.82) is 0 Å². The van der Waals surface area contributed by atoms with E-state index in [-0.39, 0.29) is 0 Å². The van der Waals surface area contributed by atoms with Crippen LogP contribution in [0, 0.1) is 0 Å². The van der Waals surface area contributed by atoms with E-state index in [1.807, 2.05) is 0 Å². The Balaban J connectivity index is 2.05. The number of aromatic nitrogens is 4. The highest BCUT2D eigenvalue weighted by Gasteiger charge is 2.15. The van der Waals surface area contributed by atoms with Gasteiger partial charge in [0.25, 0.3) is 0 Å². The van der Waals surface area contributed by atoms with E-state index in [0.717, 1.165) is 29.9 Å². The Hall–Kier alpha value is -1.65. The van der Waals surface area contributed by atoms with Gasteiger partial charge >= 0.3 is 0 Å². The zero-order valence-electron chi connectivity index (χ0n) is 8.48. The molecule has 3 heterocycles. The number of aromatic amines is 1. The molecule has 1 N–H and O–H groups in total. The lowest BCUT2D eigenvalue weighted by Crippen LogP contribution is -2.30. The molecular weight excluding hydrogens is 190 g/mol. The van der Waals surface area contributed by atoms with Crippen LogP contribution in [0.2, 0.25) is 0 Å². The van der Waals surface area contributed by atoms with Crippen LogP contribution in [0.1, 0.15) is 19.3 Å². The molecule has 1 saturated heterocycles. The number of nitrogens with zero attached hydrogens (tertiary/aromatic N) is 4. The molecule has 0 aromatic carbocycles. The van der Waals surface area contributed by atoms with E-state index in [9.17, 15) is 0 Å². The van der Waals surface area contributed by atoms with Gasteiger partial charge in [-0.25, -0.2) is 9.97 Å². The molecule has 0 saturated carbocycles. The molecule has 2 aromatic rings. The molecule has 15 heavy (non-hydrogen) atoms. The maximum absolute atomic E-state index is 4.36. The minimum Gasteiger partial charge on any atom is -0.356 e. The van der Waals surface area contributed by atoms with Crippen LogP contribution in [0.25, 0.3) is 11.0 Å². The van der Waals surface area contributed by atoms with Crippen LogP contribution in [0.3, 0.4) is 0 Å². The summed E-state index contributed by atoms with van der Waals surface area (Å²) in [6.45, 7) is 2.19. The van der Waals surface area contributed by atoms with Gasteiger partial charge in [-0.3, -0.25) is 5.10 Å². The van der Waals surface area contributed by atoms with Crippen LogP contribution >= 0.6 is 0 Å². The third kappa shape index (κ3) is 1.44. The van der Waals surface area contributed by atoms with Crippen LogP contribution in [0.4, 0.5) is 5.82 Å². The van der Waals surface area contributed by atoms with Crippen molar-refractivity contribution >= 4 is 16.9 Å². The van der Waals surface area contributed by atoms with Crippen molar-refractivity contribution in [2.75, 3.05) is 18.0 Å². The van der Waals surface area contributed by atoms with Gasteiger partial charge in [-0.2, -0.15) is 5.10 Å². The lowest BCUT2D eigenvalue weighted by molar-refractivity contribution is 0.574. The van der Waals surface area contributed by atoms with Gasteiger partial charge in [-0.1, -0.05) is 0 Å². The number of fused-ring (bicyclic) bond motifs is 1. The van der Waals surface area contributed by atoms with Crippen molar-refractivity contribution in [2.45, 2.75) is 19.3 Å². The highest BCUT2D eigenvalue weighted by Crippen LogP contribution is 2.23. The molecule has 1 aliphatic heterocycles. The Labute approximate surface area is 87.5 Å². The lowest BCUT2D eigenvalue weighted by atomic mass is 10.1. The number of rotatable bonds is 1. The van der Waals surface area contributed by atoms with Crippen LogP contribution in [-0.2, 0) is 0 Å². The molecule has 3 rings (SSSR count). The second kappa shape index (κ2) is 3.49. The third-order valence-electron chi connectivity index (χ3n) is 2.88. The molecule has 5 heteroatoms. The van der Waals surface area contributed by atoms with Gasteiger partial charge in [-0.15, -0.1) is 0 Å². The van der Waals surface area contributed by atoms with E-state index in [1.54, 1.807) is 12.5 Å². The molecule has 0 unspecified atom stereocenters. The summed E-state index contributed by atoms with van der Waals surface area (Å²) in [6, 6.07) is 0. The largest absolute Gasteiger partial charge is 0.356 e. The van der Waals surface area contributed by atoms with E-state index in [2.05, 4.69) is 25.1 Å². The molecule has 5 nitrogen and oxygen atoms in total. The SMILES string of the molecule is c1nc(N2CCCCC2)c2cn[nH]c2n1. The average Bonchev–Trinajstić information content (AvgIpc) is 2.78. The number of piperidine rings is 1. The van der Waals surface area contributed by atoms with E-state index in [1.165, 1.54) is 19.3 Å². The first-order valence-electron chi connectivity index (χ1n) is 5.34. The van der Waals surface area contributed by atoms with Crippen molar-refractivity contribution in [2.24, 2.45) is 0 Å². The van der Waals surface area contributed by atoms with Gasteiger partial charge in [0, 0.05) is 13.1 Å². The summed E-state index contributed by atoms with van der Waals surface area (Å²) in [5, 5.41) is 7.90. The van der Waals surface area contributed by atoms with Gasteiger partial charge in [0.05, 0.1) is 11.6 Å². The first kappa shape index (κ1) is 8.64. The predicted molar refractivity (Wildman–Crippen MR) is 57.7 cm³/mol. The van der Waals surface area contributed by atoms with Crippen LogP contribution in [0.15, 0.2) is 12.5 Å². The molecule has 0 amide bonds. The molecule has 78 valence electrons. The van der Waals surface area contributed by atoms with E-state index in [4.69, 9.17) is 0 Å². The third-order valence-corrected chi connectivity index (χ3v) is 2.88. The number of nitrogens with one attached hydrogen (secondary N) is 1. The molecule has 0 aliphatic carbocycles. The van der Waals surface area contributed by atoms with Crippen molar-refractivity contribution < 1.29 is 0 Å². The average molecular weight is 203 g/mol. The predicted octanol–water partition coefficient (Wildman–Crippen LogP) is 1.34. The van der Waals surface area contributed by atoms with Gasteiger partial charge in [0.15, 0.2) is 5.65 Å². The van der Waals surface area contributed by atoms with Gasteiger partial charge in [0.1, 0.15) is 12.1 Å². The van der Waals surface area contributed by atoms with Crippen molar-refractivity contribution in [3.05, 3.63) is 12.5 Å². The van der Waals surface area contributed by atoms with Gasteiger partial charge in [0.2, 0.25) is 0 Å². The Morgan fingerprint density at radius 1 is 1.13 bits per heavy atom. The monoisotopic (exact) mass is 203 g/mol. The van der Waals surface area contributed by atoms with E-state index in [0.29, 0.717) is 0 Å². The molecular formula is C10H13N5. The number of anilines is 1. The minimum atomic E-state index is 0.825. The summed E-state index contributed by atoms with van der Waals surface area (Å²) in [4.78, 5) is 10.8. The number of hydrogen-bond donors (Lipinski definition) is 1. The highest BCUT2D eigenvalue weighted by atomic mass is 15.2. The maximum atomic E-state index is 4.36. The summed E-state index contributed by atoms with van der Waals surface area (Å²) in [5.74, 6) is 1.02. The fourth-order valence-corrected chi connectivity index (χ4v) is 2.11. The maximum Gasteiger partial charge on any atom is 0.160 e. The van der Waals surface area contributed by atoms with Crippen molar-refractivity contribution in [3.8, 4) is 0 Å². The topological polar surface area (TPSA) is 57.7 Å². The van der Waals surface area contributed by atoms with Crippen LogP contribution in [-0.4, -0.2) is 33.3 Å². The highest BCUT2D eigenvalue weighted by molar-refractivity contribution is 5.86. The van der Waals surface area contributed by atoms with Crippen molar-refractivity contribution in [3.63, 3.8) is 0 Å². The van der Waals surface area contributed by atoms with Crippen molar-refractivity contribution in [1.82, 2.24) is 20.2 Å². The Kier molecular flexibility index (Phi) is 2.01. The minimum absolute atomic E-state index is 0.825. The zero-order chi connectivity index (χ0) is 10.1. The quantitative estimate of drug-likeness (QED) is 0.760. The smallest absolute Gasteiger partial charge is 0.160 e. The molecule has 0 radical (unpaired) electrons. The second-order valence-electron chi connectivity index (χ2n) is 3.88. The molecule has 0 spiro atoms. The molecule has 0 bridgehead atoms. The zero-order valence-corrected chi connectivity index (χ0v) is 8.48. The lowest BCUT2D eigenvalue weighted by Gasteiger charge is -2.27. The summed E-state index contributed by atoms with van der Waals surface area (Å²) in [5.41, 5.74) is 0.825. The van der Waals surface area contributed by atoms with E-state index >= 15 is 0 Å². The first-order valence-corrected chi connectivity index (χ1v) is 5.34. The summed E-state index contributed by atoms with van der Waals surface area (Å²) >= 11 is 0. The van der Waals surface area contributed by atoms with Gasteiger partial charge in [-0.05, 0) is 19.3 Å². The standard InChI is InChI=1S/C10H13N5/c1-2-4-15(5-3-1)10-8-6-13-14-9(8)11-7-12-10/h6-7H,1-5H2,(H,11,12,13,14). The number of hydrogen-bond acceptors (Lipinski definition) is 4. The van der Waals surface area contributed by atoms with E-state index < -0.39 is 0 Å². The second-order valence-corrected chi connectivity index (χ2v) is 3.88. The normalized spacial score (nSPS) is 17.2. The fourth-order valence-electron chi connectivity index (χ4n) is 2.11. The van der Waals surface area contributed by atoms with Gasteiger partial charge < -0.3 is 4.90 Å². The summed E-state index contributed by atoms with van der Waals surface area (Å²) in [6.07, 6.45) is 7.24. The van der Waals surface area contributed by atoms with Crippen LogP contribution in [0.5, 0.6) is 0 Å². The molecule has 1 fully saturated rings. The Morgan fingerprint density at radius 3 is 2.87 bits per heavy atom. The molecule has 1 aliphatic rings. The summed E-state index contributed by atoms with van der Waals surface area (Å²) in [7, 11) is 0. The first-order chi connectivity index (χ1) is 7.45. The molecule has 0 atom stereocenters. The molecule has 2 aromatic heterocycles. The summed E-state index contributed by atoms with van der Waals surface area (Å²) < 4.78 is 0. The Morgan fingerprint density at radius 2 is 2.00 bits per heavy atom. The van der Waals surface area contributed by atoms with Crippen LogP contribution < -0.4 is 4.90 Å².